The van der Waals surface area contributed by atoms with Crippen molar-refractivity contribution in [3.05, 3.63) is 77.4 Å². The zero-order valence-corrected chi connectivity index (χ0v) is 15.4. The van der Waals surface area contributed by atoms with Gasteiger partial charge in [0, 0.05) is 16.7 Å². The highest BCUT2D eigenvalue weighted by Crippen LogP contribution is 2.34. The Bertz CT molecular complexity index is 985. The molecule has 0 N–H and O–H groups in total. The first-order valence-electron chi connectivity index (χ1n) is 8.57. The second kappa shape index (κ2) is 8.87. The van der Waals surface area contributed by atoms with Crippen molar-refractivity contribution in [1.29, 1.82) is 0 Å². The third-order valence-electron chi connectivity index (χ3n) is 4.41. The van der Waals surface area contributed by atoms with Crippen LogP contribution in [0.1, 0.15) is 18.9 Å². The number of hydrogen-bond donors (Lipinski definition) is 0. The minimum atomic E-state index is -1.18. The Hall–Kier alpha value is -2.89. The van der Waals surface area contributed by atoms with Crippen molar-refractivity contribution < 1.29 is 27.0 Å². The van der Waals surface area contributed by atoms with E-state index >= 15 is 0 Å². The molecule has 0 saturated heterocycles. The Kier molecular flexibility index (Phi) is 6.78. The van der Waals surface area contributed by atoms with Crippen LogP contribution in [0, 0.1) is 23.3 Å². The minimum Gasteiger partial charge on any atom is -0.494 e. The topological polar surface area (TPSA) is 9.23 Å². The fraction of sp³-hybridized carbons (Fsp3) is 0.182. The van der Waals surface area contributed by atoms with Crippen molar-refractivity contribution in [1.82, 2.24) is 0 Å². The first kappa shape index (κ1) is 21.4. The van der Waals surface area contributed by atoms with Gasteiger partial charge in [-0.05, 0) is 35.7 Å². The van der Waals surface area contributed by atoms with Crippen molar-refractivity contribution in [2.24, 2.45) is 0 Å². The van der Waals surface area contributed by atoms with Crippen molar-refractivity contribution in [2.45, 2.75) is 19.8 Å². The van der Waals surface area contributed by atoms with E-state index in [2.05, 4.69) is 0 Å². The second-order valence-electron chi connectivity index (χ2n) is 6.20. The van der Waals surface area contributed by atoms with Gasteiger partial charge in [-0.1, -0.05) is 43.7 Å². The molecule has 148 valence electrons. The minimum absolute atomic E-state index is 0. The van der Waals surface area contributed by atoms with Gasteiger partial charge < -0.3 is 4.74 Å². The zero-order valence-electron chi connectivity index (χ0n) is 15.4. The summed E-state index contributed by atoms with van der Waals surface area (Å²) in [6.07, 6.45) is 1.56. The van der Waals surface area contributed by atoms with Crippen LogP contribution in [0.4, 0.5) is 22.3 Å². The largest absolute Gasteiger partial charge is 0.494 e. The fourth-order valence-electron chi connectivity index (χ4n) is 3.04. The molecule has 0 saturated carbocycles. The smallest absolute Gasteiger partial charge is 0.167 e. The Morgan fingerprint density at radius 3 is 2.00 bits per heavy atom. The Balaban J connectivity index is 0.00000280. The maximum absolute atomic E-state index is 14.6. The summed E-state index contributed by atoms with van der Waals surface area (Å²) in [5.41, 5.74) is 0.658. The van der Waals surface area contributed by atoms with Crippen LogP contribution in [0.3, 0.4) is 0 Å². The highest BCUT2D eigenvalue weighted by molar-refractivity contribution is 5.72. The highest BCUT2D eigenvalue weighted by Gasteiger charge is 2.19. The Morgan fingerprint density at radius 1 is 0.750 bits per heavy atom. The van der Waals surface area contributed by atoms with E-state index in [1.807, 2.05) is 6.92 Å². The molecule has 0 heterocycles. The fourth-order valence-corrected chi connectivity index (χ4v) is 3.04. The standard InChI is InChI=1S/C22H18F4O.FH/c1-3-4-13-5-7-16(18(23)11-13)17-9-8-15(21(25)22(17)26)14-6-10-20(27-2)19(24)12-14;/h5-12H,3-4H2,1-2H3;1H. The van der Waals surface area contributed by atoms with Gasteiger partial charge in [0.1, 0.15) is 5.82 Å². The van der Waals surface area contributed by atoms with Crippen LogP contribution in [-0.4, -0.2) is 7.11 Å². The van der Waals surface area contributed by atoms with Gasteiger partial charge in [-0.25, -0.2) is 17.6 Å². The maximum atomic E-state index is 14.6. The van der Waals surface area contributed by atoms with Gasteiger partial charge >= 0.3 is 0 Å². The van der Waals surface area contributed by atoms with Crippen LogP contribution < -0.4 is 4.74 Å². The summed E-state index contributed by atoms with van der Waals surface area (Å²) in [6.45, 7) is 1.97. The molecule has 0 atom stereocenters. The van der Waals surface area contributed by atoms with Gasteiger partial charge in [-0.15, -0.1) is 0 Å². The van der Waals surface area contributed by atoms with Gasteiger partial charge in [0.2, 0.25) is 0 Å². The number of ether oxygens (including phenoxy) is 1. The molecule has 0 aliphatic heterocycles. The Morgan fingerprint density at radius 2 is 1.39 bits per heavy atom. The quantitative estimate of drug-likeness (QED) is 0.438. The van der Waals surface area contributed by atoms with Crippen molar-refractivity contribution in [2.75, 3.05) is 7.11 Å². The van der Waals surface area contributed by atoms with Gasteiger partial charge in [0.25, 0.3) is 0 Å². The summed E-state index contributed by atoms with van der Waals surface area (Å²) < 4.78 is 62.4. The summed E-state index contributed by atoms with van der Waals surface area (Å²) in [4.78, 5) is 0. The van der Waals surface area contributed by atoms with E-state index in [0.717, 1.165) is 18.1 Å². The number of methoxy groups -OCH3 is 1. The summed E-state index contributed by atoms with van der Waals surface area (Å²) in [5, 5.41) is 0. The van der Waals surface area contributed by atoms with E-state index < -0.39 is 23.3 Å². The lowest BCUT2D eigenvalue weighted by molar-refractivity contribution is 0.386. The average Bonchev–Trinajstić information content (AvgIpc) is 2.65. The first-order valence-corrected chi connectivity index (χ1v) is 8.57. The van der Waals surface area contributed by atoms with Crippen LogP contribution in [0.2, 0.25) is 0 Å². The average molecular weight is 394 g/mol. The molecule has 3 aromatic carbocycles. The molecule has 0 bridgehead atoms. The predicted octanol–water partition coefficient (Wildman–Crippen LogP) is 6.69. The molecule has 0 fully saturated rings. The second-order valence-corrected chi connectivity index (χ2v) is 6.20. The van der Waals surface area contributed by atoms with E-state index in [9.17, 15) is 17.6 Å². The third kappa shape index (κ3) is 4.01. The molecule has 0 unspecified atom stereocenters. The van der Waals surface area contributed by atoms with Gasteiger partial charge in [0.15, 0.2) is 23.2 Å². The summed E-state index contributed by atoms with van der Waals surface area (Å²) in [6, 6.07) is 10.9. The number of aryl methyl sites for hydroxylation is 1. The van der Waals surface area contributed by atoms with E-state index in [-0.39, 0.29) is 32.7 Å². The summed E-state index contributed by atoms with van der Waals surface area (Å²) in [5.74, 6) is -3.62. The number of halogens is 5. The van der Waals surface area contributed by atoms with E-state index in [1.165, 1.54) is 43.5 Å². The molecule has 3 rings (SSSR count). The molecular weight excluding hydrogens is 375 g/mol. The lowest BCUT2D eigenvalue weighted by Crippen LogP contribution is -1.97. The molecule has 0 aliphatic rings. The summed E-state index contributed by atoms with van der Waals surface area (Å²) >= 11 is 0. The lowest BCUT2D eigenvalue weighted by atomic mass is 9.97. The normalized spacial score (nSPS) is 10.5. The summed E-state index contributed by atoms with van der Waals surface area (Å²) in [7, 11) is 1.31. The SMILES string of the molecule is CCCc1ccc(-c2ccc(-c3ccc(OC)c(F)c3)c(F)c2F)c(F)c1.F. The van der Waals surface area contributed by atoms with E-state index in [0.29, 0.717) is 6.42 Å². The van der Waals surface area contributed by atoms with Crippen LogP contribution in [0.15, 0.2) is 48.5 Å². The van der Waals surface area contributed by atoms with Crippen molar-refractivity contribution >= 4 is 0 Å². The lowest BCUT2D eigenvalue weighted by Gasteiger charge is -2.11. The van der Waals surface area contributed by atoms with Crippen LogP contribution in [0.25, 0.3) is 22.3 Å². The molecule has 3 aromatic rings. The Labute approximate surface area is 160 Å². The van der Waals surface area contributed by atoms with E-state index in [4.69, 9.17) is 4.74 Å². The third-order valence-corrected chi connectivity index (χ3v) is 4.41. The molecule has 0 aliphatic carbocycles. The molecule has 0 amide bonds. The molecule has 1 nitrogen and oxygen atoms in total. The van der Waals surface area contributed by atoms with Gasteiger partial charge in [-0.3, -0.25) is 4.70 Å². The first-order chi connectivity index (χ1) is 13.0. The predicted molar refractivity (Wildman–Crippen MR) is 100 cm³/mol. The number of benzene rings is 3. The molecule has 0 radical (unpaired) electrons. The molecule has 6 heteroatoms. The van der Waals surface area contributed by atoms with Crippen molar-refractivity contribution in [3.63, 3.8) is 0 Å². The van der Waals surface area contributed by atoms with Crippen LogP contribution >= 0.6 is 0 Å². The zero-order chi connectivity index (χ0) is 19.6. The number of hydrogen-bond acceptors (Lipinski definition) is 1. The maximum Gasteiger partial charge on any atom is 0.167 e. The van der Waals surface area contributed by atoms with Crippen LogP contribution in [-0.2, 0) is 6.42 Å². The molecular formula is C22H19F5O. The van der Waals surface area contributed by atoms with Crippen LogP contribution in [0.5, 0.6) is 5.75 Å². The molecule has 0 spiro atoms. The van der Waals surface area contributed by atoms with Gasteiger partial charge in [-0.2, -0.15) is 0 Å². The van der Waals surface area contributed by atoms with E-state index in [1.54, 1.807) is 6.07 Å². The molecule has 0 aromatic heterocycles. The molecule has 28 heavy (non-hydrogen) atoms. The number of rotatable bonds is 5. The van der Waals surface area contributed by atoms with Gasteiger partial charge in [0.05, 0.1) is 7.11 Å². The monoisotopic (exact) mass is 394 g/mol. The van der Waals surface area contributed by atoms with Crippen molar-refractivity contribution in [3.8, 4) is 28.0 Å². The highest BCUT2D eigenvalue weighted by atomic mass is 19.2.